The van der Waals surface area contributed by atoms with E-state index in [1.165, 1.54) is 6.07 Å². The number of nitrogens with one attached hydrogen (secondary N) is 1. The zero-order valence-corrected chi connectivity index (χ0v) is 17.4. The molecule has 0 spiro atoms. The van der Waals surface area contributed by atoms with E-state index in [1.807, 2.05) is 0 Å². The summed E-state index contributed by atoms with van der Waals surface area (Å²) >= 11 is 6.01. The first-order valence-corrected chi connectivity index (χ1v) is 10.3. The summed E-state index contributed by atoms with van der Waals surface area (Å²) in [6.07, 6.45) is -3.38. The van der Waals surface area contributed by atoms with Crippen LogP contribution in [0.3, 0.4) is 0 Å². The predicted octanol–water partition coefficient (Wildman–Crippen LogP) is 6.67. The van der Waals surface area contributed by atoms with Crippen molar-refractivity contribution in [2.75, 3.05) is 12.1 Å². The molecule has 5 rings (SSSR count). The molecule has 3 aromatic carbocycles. The van der Waals surface area contributed by atoms with Gasteiger partial charge in [0.25, 0.3) is 0 Å². The topological polar surface area (TPSA) is 47.6 Å². The number of alkyl halides is 3. The van der Waals surface area contributed by atoms with Gasteiger partial charge in [-0.15, -0.1) is 0 Å². The van der Waals surface area contributed by atoms with Crippen molar-refractivity contribution < 1.29 is 28.9 Å². The van der Waals surface area contributed by atoms with Crippen molar-refractivity contribution in [3.05, 3.63) is 76.8 Å². The Morgan fingerprint density at radius 3 is 2.47 bits per heavy atom. The average molecular weight is 462 g/mol. The first kappa shape index (κ1) is 20.7. The number of halogens is 4. The van der Waals surface area contributed by atoms with Gasteiger partial charge in [0.15, 0.2) is 11.5 Å². The van der Waals surface area contributed by atoms with E-state index in [-0.39, 0.29) is 19.8 Å². The Labute approximate surface area is 188 Å². The maximum absolute atomic E-state index is 13.6. The van der Waals surface area contributed by atoms with E-state index in [0.717, 1.165) is 17.7 Å². The molecule has 1 amide bonds. The number of rotatable bonds is 4. The molecule has 0 saturated heterocycles. The van der Waals surface area contributed by atoms with Gasteiger partial charge in [0.2, 0.25) is 12.7 Å². The number of fused-ring (bicyclic) bond motifs is 1. The molecule has 1 saturated carbocycles. The third-order valence-corrected chi connectivity index (χ3v) is 6.02. The zero-order chi connectivity index (χ0) is 22.5. The Morgan fingerprint density at radius 2 is 1.75 bits per heavy atom. The van der Waals surface area contributed by atoms with Crippen molar-refractivity contribution in [3.8, 4) is 22.6 Å². The molecule has 4 nitrogen and oxygen atoms in total. The van der Waals surface area contributed by atoms with Gasteiger partial charge in [0.05, 0.1) is 11.0 Å². The zero-order valence-electron chi connectivity index (χ0n) is 16.6. The van der Waals surface area contributed by atoms with Crippen molar-refractivity contribution in [2.24, 2.45) is 0 Å². The lowest BCUT2D eigenvalue weighted by Crippen LogP contribution is -2.28. The quantitative estimate of drug-likeness (QED) is 0.472. The SMILES string of the molecule is O=C(Nc1cc(-c2cccc(Cl)c2)cc(C(F)(F)F)c1)C1(c2ccc3c(c2)OCO3)CC1.[HH]. The van der Waals surface area contributed by atoms with Crippen LogP contribution in [0.15, 0.2) is 60.7 Å². The first-order valence-electron chi connectivity index (χ1n) is 9.94. The summed E-state index contributed by atoms with van der Waals surface area (Å²) < 4.78 is 51.4. The summed E-state index contributed by atoms with van der Waals surface area (Å²) in [7, 11) is 0. The minimum Gasteiger partial charge on any atom is -0.454 e. The Morgan fingerprint density at radius 1 is 0.969 bits per heavy atom. The number of ether oxygens (including phenoxy) is 2. The summed E-state index contributed by atoms with van der Waals surface area (Å²) in [6, 6.07) is 15.4. The van der Waals surface area contributed by atoms with Crippen LogP contribution < -0.4 is 14.8 Å². The monoisotopic (exact) mass is 461 g/mol. The maximum atomic E-state index is 13.6. The van der Waals surface area contributed by atoms with E-state index in [0.29, 0.717) is 40.5 Å². The van der Waals surface area contributed by atoms with Gasteiger partial charge in [0.1, 0.15) is 0 Å². The van der Waals surface area contributed by atoms with Crippen LogP contribution in [0.25, 0.3) is 11.1 Å². The highest BCUT2D eigenvalue weighted by atomic mass is 35.5. The second-order valence-corrected chi connectivity index (χ2v) is 8.35. The van der Waals surface area contributed by atoms with E-state index < -0.39 is 17.2 Å². The highest BCUT2D eigenvalue weighted by Crippen LogP contribution is 2.51. The fourth-order valence-electron chi connectivity index (χ4n) is 3.91. The van der Waals surface area contributed by atoms with E-state index in [4.69, 9.17) is 21.1 Å². The summed E-state index contributed by atoms with van der Waals surface area (Å²) in [5.74, 6) is 0.811. The molecule has 166 valence electrons. The molecule has 1 aliphatic carbocycles. The van der Waals surface area contributed by atoms with E-state index in [2.05, 4.69) is 5.32 Å². The fourth-order valence-corrected chi connectivity index (χ4v) is 4.11. The summed E-state index contributed by atoms with van der Waals surface area (Å²) in [6.45, 7) is 0.120. The number of carbonyl (C=O) groups excluding carboxylic acids is 1. The molecule has 3 aromatic rings. The number of carbonyl (C=O) groups is 1. The van der Waals surface area contributed by atoms with Crippen molar-refractivity contribution >= 4 is 23.2 Å². The van der Waals surface area contributed by atoms with Gasteiger partial charge >= 0.3 is 6.18 Å². The molecule has 2 aliphatic rings. The van der Waals surface area contributed by atoms with E-state index in [9.17, 15) is 18.0 Å². The Bertz CT molecular complexity index is 1230. The van der Waals surface area contributed by atoms with Crippen LogP contribution in [0.2, 0.25) is 5.02 Å². The second kappa shape index (κ2) is 7.45. The van der Waals surface area contributed by atoms with Crippen molar-refractivity contribution in [1.29, 1.82) is 0 Å². The predicted molar refractivity (Wildman–Crippen MR) is 116 cm³/mol. The molecule has 0 atom stereocenters. The standard InChI is InChI=1S/C24H17ClF3NO3.H2/c25-18-3-1-2-14(9-18)15-8-17(24(26,27)28)11-19(10-15)29-22(30)23(6-7-23)16-4-5-20-21(12-16)32-13-31-20;/h1-5,8-12H,6-7,13H2,(H,29,30);1H. The van der Waals surface area contributed by atoms with Crippen LogP contribution in [-0.4, -0.2) is 12.7 Å². The molecule has 0 bridgehead atoms. The van der Waals surface area contributed by atoms with Gasteiger partial charge in [-0.25, -0.2) is 0 Å². The van der Waals surface area contributed by atoms with Gasteiger partial charge in [0, 0.05) is 12.1 Å². The van der Waals surface area contributed by atoms with Crippen LogP contribution in [0.4, 0.5) is 18.9 Å². The fraction of sp³-hybridized carbons (Fsp3) is 0.208. The van der Waals surface area contributed by atoms with Crippen LogP contribution in [0, 0.1) is 0 Å². The summed E-state index contributed by atoms with van der Waals surface area (Å²) in [5.41, 5.74) is 0.0127. The number of hydrogen-bond acceptors (Lipinski definition) is 3. The number of hydrogen-bond donors (Lipinski definition) is 1. The van der Waals surface area contributed by atoms with Crippen LogP contribution in [0.5, 0.6) is 11.5 Å². The third kappa shape index (κ3) is 3.77. The molecule has 0 radical (unpaired) electrons. The summed E-state index contributed by atoms with van der Waals surface area (Å²) in [5, 5.41) is 3.11. The third-order valence-electron chi connectivity index (χ3n) is 5.79. The van der Waals surface area contributed by atoms with E-state index >= 15 is 0 Å². The lowest BCUT2D eigenvalue weighted by molar-refractivity contribution is -0.137. The van der Waals surface area contributed by atoms with Crippen molar-refractivity contribution in [2.45, 2.75) is 24.4 Å². The minimum absolute atomic E-state index is 0. The normalized spacial score (nSPS) is 16.0. The van der Waals surface area contributed by atoms with Gasteiger partial charge in [-0.2, -0.15) is 13.2 Å². The highest BCUT2D eigenvalue weighted by Gasteiger charge is 2.51. The van der Waals surface area contributed by atoms with Gasteiger partial charge < -0.3 is 14.8 Å². The second-order valence-electron chi connectivity index (χ2n) is 7.91. The molecule has 1 N–H and O–H groups in total. The van der Waals surface area contributed by atoms with Crippen LogP contribution in [-0.2, 0) is 16.4 Å². The first-order chi connectivity index (χ1) is 15.2. The lowest BCUT2D eigenvalue weighted by Gasteiger charge is -2.18. The van der Waals surface area contributed by atoms with Gasteiger partial charge in [-0.1, -0.05) is 29.8 Å². The average Bonchev–Trinajstić information content (AvgIpc) is 3.44. The molecular weight excluding hydrogens is 443 g/mol. The lowest BCUT2D eigenvalue weighted by atomic mass is 9.94. The minimum atomic E-state index is -4.57. The molecule has 32 heavy (non-hydrogen) atoms. The molecular formula is C24H19ClF3NO3. The van der Waals surface area contributed by atoms with Crippen LogP contribution >= 0.6 is 11.6 Å². The van der Waals surface area contributed by atoms with Crippen LogP contribution in [0.1, 0.15) is 25.4 Å². The number of anilines is 1. The summed E-state index contributed by atoms with van der Waals surface area (Å²) in [4.78, 5) is 13.2. The van der Waals surface area contributed by atoms with Crippen molar-refractivity contribution in [1.82, 2.24) is 0 Å². The Kier molecular flexibility index (Phi) is 4.82. The Hall–Kier alpha value is -3.19. The maximum Gasteiger partial charge on any atom is 0.416 e. The largest absolute Gasteiger partial charge is 0.454 e. The van der Waals surface area contributed by atoms with E-state index in [1.54, 1.807) is 42.5 Å². The van der Waals surface area contributed by atoms with Gasteiger partial charge in [-0.3, -0.25) is 4.79 Å². The molecule has 1 heterocycles. The molecule has 8 heteroatoms. The Balaban J connectivity index is 0.00000259. The van der Waals surface area contributed by atoms with Gasteiger partial charge in [-0.05, 0) is 72.0 Å². The molecule has 0 unspecified atom stereocenters. The van der Waals surface area contributed by atoms with Crippen molar-refractivity contribution in [3.63, 3.8) is 0 Å². The molecule has 0 aromatic heterocycles. The number of benzene rings is 3. The molecule has 1 aliphatic heterocycles. The molecule has 1 fully saturated rings. The smallest absolute Gasteiger partial charge is 0.416 e. The highest BCUT2D eigenvalue weighted by molar-refractivity contribution is 6.30. The number of amides is 1.